The fraction of sp³-hybridized carbons (Fsp3) is 0.391. The number of rotatable bonds is 5. The van der Waals surface area contributed by atoms with Crippen molar-refractivity contribution in [3.05, 3.63) is 63.1 Å². The lowest BCUT2D eigenvalue weighted by atomic mass is 9.97. The Morgan fingerprint density at radius 3 is 2.31 bits per heavy atom. The third-order valence-electron chi connectivity index (χ3n) is 6.65. The van der Waals surface area contributed by atoms with Crippen LogP contribution in [0.1, 0.15) is 18.4 Å². The molecule has 35 heavy (non-hydrogen) atoms. The van der Waals surface area contributed by atoms with E-state index < -0.39 is 34.2 Å². The highest BCUT2D eigenvalue weighted by molar-refractivity contribution is 7.89. The zero-order valence-electron chi connectivity index (χ0n) is 18.5. The van der Waals surface area contributed by atoms with Gasteiger partial charge in [0.2, 0.25) is 21.8 Å². The summed E-state index contributed by atoms with van der Waals surface area (Å²) < 4.78 is 28.8. The van der Waals surface area contributed by atoms with Gasteiger partial charge in [-0.3, -0.25) is 9.59 Å². The largest absolute Gasteiger partial charge is 0.334 e. The molecule has 1 saturated carbocycles. The Morgan fingerprint density at radius 1 is 0.943 bits per heavy atom. The van der Waals surface area contributed by atoms with Gasteiger partial charge in [-0.05, 0) is 48.7 Å². The molecule has 0 bridgehead atoms. The van der Waals surface area contributed by atoms with Crippen molar-refractivity contribution >= 4 is 56.6 Å². The van der Waals surface area contributed by atoms with Crippen LogP contribution in [0.5, 0.6) is 0 Å². The molecule has 2 aliphatic heterocycles. The van der Waals surface area contributed by atoms with Crippen molar-refractivity contribution in [2.24, 2.45) is 5.73 Å². The molecule has 186 valence electrons. The van der Waals surface area contributed by atoms with Crippen LogP contribution in [-0.4, -0.2) is 71.7 Å². The molecule has 0 spiro atoms. The van der Waals surface area contributed by atoms with Crippen LogP contribution in [-0.2, 0) is 26.0 Å². The Labute approximate surface area is 218 Å². The number of halogens is 3. The number of hydrogen-bond donors (Lipinski definition) is 1. The molecule has 5 rings (SSSR count). The van der Waals surface area contributed by atoms with Gasteiger partial charge in [-0.2, -0.15) is 4.31 Å². The van der Waals surface area contributed by atoms with E-state index >= 15 is 0 Å². The smallest absolute Gasteiger partial charge is 0.246 e. The van der Waals surface area contributed by atoms with Crippen molar-refractivity contribution in [2.45, 2.75) is 48.4 Å². The summed E-state index contributed by atoms with van der Waals surface area (Å²) in [6.45, 7) is -0.156. The van der Waals surface area contributed by atoms with Crippen molar-refractivity contribution in [1.29, 1.82) is 0 Å². The van der Waals surface area contributed by atoms with Gasteiger partial charge in [0.1, 0.15) is 17.1 Å². The molecule has 3 unspecified atom stereocenters. The first kappa shape index (κ1) is 24.8. The predicted octanol–water partition coefficient (Wildman–Crippen LogP) is 2.75. The maximum atomic E-state index is 13.8. The fourth-order valence-electron chi connectivity index (χ4n) is 4.84. The zero-order valence-corrected chi connectivity index (χ0v) is 21.6. The molecule has 2 amide bonds. The normalized spacial score (nSPS) is 25.7. The van der Waals surface area contributed by atoms with Crippen LogP contribution in [0.25, 0.3) is 0 Å². The minimum Gasteiger partial charge on any atom is -0.334 e. The highest BCUT2D eigenvalue weighted by Gasteiger charge is 2.55. The van der Waals surface area contributed by atoms with Crippen LogP contribution in [0.2, 0.25) is 15.1 Å². The van der Waals surface area contributed by atoms with Gasteiger partial charge in [0.25, 0.3) is 0 Å². The molecule has 3 atom stereocenters. The molecular weight excluding hydrogens is 535 g/mol. The summed E-state index contributed by atoms with van der Waals surface area (Å²) >= 11 is 18.4. The first-order valence-corrected chi connectivity index (χ1v) is 13.7. The maximum absolute atomic E-state index is 13.8. The molecule has 0 radical (unpaired) electrons. The minimum absolute atomic E-state index is 0.0286. The molecule has 8 nitrogen and oxygen atoms in total. The second-order valence-corrected chi connectivity index (χ2v) is 12.2. The summed E-state index contributed by atoms with van der Waals surface area (Å²) in [5.41, 5.74) is 6.91. The van der Waals surface area contributed by atoms with E-state index in [-0.39, 0.29) is 41.4 Å². The van der Waals surface area contributed by atoms with Crippen molar-refractivity contribution in [3.63, 3.8) is 0 Å². The summed E-state index contributed by atoms with van der Waals surface area (Å²) in [4.78, 5) is 29.8. The standard InChI is InChI=1S/C23H23Cl3N4O4S/c24-14-3-1-2-13(8-14)9-19-23(32)28(16-5-6-16)12-21-29(11-18(27)22(31)30(19)21)35(33,34)20-7-4-15(25)10-17(20)26/h1-4,7-8,10,16,18-19,21H,5-6,9,11-12,27H2. The Bertz CT molecular complexity index is 1300. The molecule has 12 heteroatoms. The average molecular weight is 558 g/mol. The van der Waals surface area contributed by atoms with Crippen molar-refractivity contribution in [3.8, 4) is 0 Å². The van der Waals surface area contributed by atoms with E-state index in [1.807, 2.05) is 6.07 Å². The lowest BCUT2D eigenvalue weighted by Crippen LogP contribution is -2.75. The SMILES string of the molecule is NC1CN(S(=O)(=O)c2ccc(Cl)cc2Cl)C2CN(C3CC3)C(=O)C(Cc3cccc(Cl)c3)N2C1=O. The number of carbonyl (C=O) groups excluding carboxylic acids is 2. The summed E-state index contributed by atoms with van der Waals surface area (Å²) in [6.07, 6.45) is 0.950. The van der Waals surface area contributed by atoms with E-state index in [9.17, 15) is 18.0 Å². The average Bonchev–Trinajstić information content (AvgIpc) is 3.62. The molecular formula is C23H23Cl3N4O4S. The van der Waals surface area contributed by atoms with Crippen molar-refractivity contribution in [2.75, 3.05) is 13.1 Å². The van der Waals surface area contributed by atoms with Gasteiger partial charge in [-0.15, -0.1) is 0 Å². The molecule has 2 aromatic rings. The molecule has 1 aliphatic carbocycles. The highest BCUT2D eigenvalue weighted by atomic mass is 35.5. The Balaban J connectivity index is 1.58. The van der Waals surface area contributed by atoms with Crippen LogP contribution >= 0.6 is 34.8 Å². The van der Waals surface area contributed by atoms with Crippen LogP contribution < -0.4 is 5.73 Å². The number of fused-ring (bicyclic) bond motifs is 1. The maximum Gasteiger partial charge on any atom is 0.246 e. The molecule has 2 heterocycles. The topological polar surface area (TPSA) is 104 Å². The van der Waals surface area contributed by atoms with E-state index in [0.29, 0.717) is 10.0 Å². The van der Waals surface area contributed by atoms with Gasteiger partial charge >= 0.3 is 0 Å². The number of amides is 2. The number of piperazine rings is 1. The summed E-state index contributed by atoms with van der Waals surface area (Å²) in [5, 5.41) is 0.770. The fourth-order valence-corrected chi connectivity index (χ4v) is 7.40. The highest BCUT2D eigenvalue weighted by Crippen LogP contribution is 2.37. The third kappa shape index (κ3) is 4.54. The molecule has 2 N–H and O–H groups in total. The van der Waals surface area contributed by atoms with Crippen LogP contribution in [0.4, 0.5) is 0 Å². The first-order chi connectivity index (χ1) is 16.6. The molecule has 3 aliphatic rings. The lowest BCUT2D eigenvalue weighted by molar-refractivity contribution is -0.166. The monoisotopic (exact) mass is 556 g/mol. The van der Waals surface area contributed by atoms with Gasteiger partial charge in [0.15, 0.2) is 0 Å². The number of hydrogen-bond acceptors (Lipinski definition) is 5. The second kappa shape index (κ2) is 9.21. The second-order valence-electron chi connectivity index (χ2n) is 9.05. The first-order valence-electron chi connectivity index (χ1n) is 11.2. The number of benzene rings is 2. The van der Waals surface area contributed by atoms with Crippen LogP contribution in [0, 0.1) is 0 Å². The minimum atomic E-state index is -4.18. The number of carbonyl (C=O) groups is 2. The molecule has 2 saturated heterocycles. The Kier molecular flexibility index (Phi) is 6.52. The van der Waals surface area contributed by atoms with Gasteiger partial charge < -0.3 is 15.5 Å². The zero-order chi connectivity index (χ0) is 25.1. The predicted molar refractivity (Wildman–Crippen MR) is 133 cm³/mol. The third-order valence-corrected chi connectivity index (χ3v) is 9.47. The molecule has 3 fully saturated rings. The van der Waals surface area contributed by atoms with E-state index in [0.717, 1.165) is 18.4 Å². The van der Waals surface area contributed by atoms with Crippen LogP contribution in [0.15, 0.2) is 47.4 Å². The summed E-state index contributed by atoms with van der Waals surface area (Å²) in [6, 6.07) is 9.16. The summed E-state index contributed by atoms with van der Waals surface area (Å²) in [7, 11) is -4.18. The number of sulfonamides is 1. The van der Waals surface area contributed by atoms with Crippen molar-refractivity contribution in [1.82, 2.24) is 14.1 Å². The van der Waals surface area contributed by atoms with Crippen molar-refractivity contribution < 1.29 is 18.0 Å². The molecule has 2 aromatic carbocycles. The van der Waals surface area contributed by atoms with Gasteiger partial charge in [0.05, 0.1) is 17.6 Å². The Morgan fingerprint density at radius 2 is 1.66 bits per heavy atom. The Hall–Kier alpha value is -1.88. The number of nitrogens with two attached hydrogens (primary N) is 1. The number of nitrogens with zero attached hydrogens (tertiary/aromatic N) is 3. The van der Waals surface area contributed by atoms with Gasteiger partial charge in [-0.1, -0.05) is 46.9 Å². The van der Waals surface area contributed by atoms with Gasteiger partial charge in [-0.25, -0.2) is 8.42 Å². The van der Waals surface area contributed by atoms with E-state index in [4.69, 9.17) is 40.5 Å². The molecule has 0 aromatic heterocycles. The van der Waals surface area contributed by atoms with E-state index in [1.165, 1.54) is 27.4 Å². The summed E-state index contributed by atoms with van der Waals surface area (Å²) in [5.74, 6) is -0.674. The lowest BCUT2D eigenvalue weighted by Gasteiger charge is -2.53. The van der Waals surface area contributed by atoms with E-state index in [1.54, 1.807) is 23.1 Å². The van der Waals surface area contributed by atoms with E-state index in [2.05, 4.69) is 0 Å². The van der Waals surface area contributed by atoms with Crippen LogP contribution in [0.3, 0.4) is 0 Å². The quantitative estimate of drug-likeness (QED) is 0.609. The van der Waals surface area contributed by atoms with Gasteiger partial charge in [0, 0.05) is 29.1 Å².